The van der Waals surface area contributed by atoms with Crippen molar-refractivity contribution >= 4 is 23.9 Å². The standard InChI is InChI=1S/C28H38N8O6/c1-8-16-14-28(16,24(39)40)31-22(37)19-13-17(36-33-21(32-34-36)18-11-9-10-12-29-18)15-35(19)23(38)20(26(2,3)4)30-25(41)42-27(5,6)7/h8-12,16-17,19-20H,1,13-15H2,2-7H3,(H,30,41)(H,31,37)(H,39,40). The largest absolute Gasteiger partial charge is 0.479 e. The number of tetrazole rings is 1. The fourth-order valence-corrected chi connectivity index (χ4v) is 5.01. The number of nitrogens with one attached hydrogen (secondary N) is 2. The third-order valence-electron chi connectivity index (χ3n) is 7.31. The van der Waals surface area contributed by atoms with E-state index < -0.39 is 64.5 Å². The van der Waals surface area contributed by atoms with E-state index >= 15 is 0 Å². The molecule has 0 aromatic carbocycles. The van der Waals surface area contributed by atoms with Crippen LogP contribution in [-0.2, 0) is 19.1 Å². The van der Waals surface area contributed by atoms with Crippen LogP contribution in [0.3, 0.4) is 0 Å². The molecule has 2 aromatic rings. The van der Waals surface area contributed by atoms with Gasteiger partial charge >= 0.3 is 12.1 Å². The van der Waals surface area contributed by atoms with Crippen LogP contribution in [0.4, 0.5) is 4.79 Å². The summed E-state index contributed by atoms with van der Waals surface area (Å²) in [4.78, 5) is 59.5. The number of aliphatic carboxylic acids is 1. The number of ether oxygens (including phenoxy) is 1. The molecule has 2 fully saturated rings. The number of amides is 3. The number of aromatic nitrogens is 5. The van der Waals surface area contributed by atoms with E-state index in [1.807, 2.05) is 0 Å². The second-order valence-electron chi connectivity index (χ2n) is 12.8. The Bertz CT molecular complexity index is 1360. The van der Waals surface area contributed by atoms with Crippen molar-refractivity contribution in [3.8, 4) is 11.5 Å². The highest BCUT2D eigenvalue weighted by atomic mass is 16.6. The molecular weight excluding hydrogens is 544 g/mol. The van der Waals surface area contributed by atoms with E-state index in [0.29, 0.717) is 5.69 Å². The molecule has 5 atom stereocenters. The Kier molecular flexibility index (Phi) is 8.11. The highest BCUT2D eigenvalue weighted by molar-refractivity contribution is 5.96. The molecule has 14 heteroatoms. The Morgan fingerprint density at radius 2 is 1.90 bits per heavy atom. The number of carboxylic acids is 1. The number of nitrogens with zero attached hydrogens (tertiary/aromatic N) is 6. The van der Waals surface area contributed by atoms with E-state index in [2.05, 4.69) is 37.6 Å². The summed E-state index contributed by atoms with van der Waals surface area (Å²) in [7, 11) is 0. The number of hydrogen-bond donors (Lipinski definition) is 3. The summed E-state index contributed by atoms with van der Waals surface area (Å²) in [5.74, 6) is -2.49. The van der Waals surface area contributed by atoms with E-state index in [1.54, 1.807) is 65.9 Å². The first kappa shape index (κ1) is 30.6. The number of carbonyl (C=O) groups is 4. The lowest BCUT2D eigenvalue weighted by Crippen LogP contribution is -2.59. The third-order valence-corrected chi connectivity index (χ3v) is 7.31. The van der Waals surface area contributed by atoms with Crippen LogP contribution >= 0.6 is 0 Å². The smallest absolute Gasteiger partial charge is 0.408 e. The first-order valence-electron chi connectivity index (χ1n) is 13.7. The van der Waals surface area contributed by atoms with Gasteiger partial charge in [0.1, 0.15) is 28.9 Å². The first-order chi connectivity index (χ1) is 19.6. The molecule has 3 amide bonds. The van der Waals surface area contributed by atoms with Gasteiger partial charge < -0.3 is 25.4 Å². The summed E-state index contributed by atoms with van der Waals surface area (Å²) in [5, 5.41) is 27.9. The molecule has 3 heterocycles. The molecule has 3 N–H and O–H groups in total. The van der Waals surface area contributed by atoms with Crippen molar-refractivity contribution in [1.82, 2.24) is 40.7 Å². The minimum Gasteiger partial charge on any atom is -0.479 e. The number of carbonyl (C=O) groups excluding carboxylic acids is 3. The molecule has 1 aliphatic carbocycles. The molecule has 226 valence electrons. The van der Waals surface area contributed by atoms with Crippen molar-refractivity contribution in [3.05, 3.63) is 37.1 Å². The van der Waals surface area contributed by atoms with E-state index in [1.165, 1.54) is 15.8 Å². The second-order valence-corrected chi connectivity index (χ2v) is 12.8. The molecule has 42 heavy (non-hydrogen) atoms. The SMILES string of the molecule is C=CC1CC1(NC(=O)C1CC(n2nnc(-c3ccccn3)n2)CN1C(=O)C(NC(=O)OC(C)(C)C)C(C)(C)C)C(=O)O. The fraction of sp³-hybridized carbons (Fsp3) is 0.571. The number of likely N-dealkylation sites (tertiary alicyclic amines) is 1. The molecule has 1 saturated heterocycles. The average Bonchev–Trinajstić information content (AvgIpc) is 3.22. The summed E-state index contributed by atoms with van der Waals surface area (Å²) in [5.41, 5.74) is -2.54. The van der Waals surface area contributed by atoms with Gasteiger partial charge in [0, 0.05) is 25.1 Å². The minimum atomic E-state index is -1.48. The topological polar surface area (TPSA) is 182 Å². The maximum Gasteiger partial charge on any atom is 0.408 e. The van der Waals surface area contributed by atoms with E-state index in [9.17, 15) is 24.3 Å². The first-order valence-corrected chi connectivity index (χ1v) is 13.7. The molecule has 0 spiro atoms. The molecular formula is C28H38N8O6. The molecule has 2 aromatic heterocycles. The Labute approximate surface area is 243 Å². The number of carboxylic acid groups (broad SMARTS) is 1. The lowest BCUT2D eigenvalue weighted by molar-refractivity contribution is -0.146. The zero-order valence-electron chi connectivity index (χ0n) is 24.7. The van der Waals surface area contributed by atoms with Gasteiger partial charge in [-0.25, -0.2) is 9.59 Å². The van der Waals surface area contributed by atoms with Crippen molar-refractivity contribution in [3.63, 3.8) is 0 Å². The van der Waals surface area contributed by atoms with Crippen LogP contribution < -0.4 is 10.6 Å². The maximum absolute atomic E-state index is 14.1. The predicted molar refractivity (Wildman–Crippen MR) is 150 cm³/mol. The van der Waals surface area contributed by atoms with Crippen LogP contribution in [0, 0.1) is 11.3 Å². The number of pyridine rings is 1. The van der Waals surface area contributed by atoms with Gasteiger partial charge in [0.25, 0.3) is 0 Å². The molecule has 1 saturated carbocycles. The Morgan fingerprint density at radius 3 is 2.45 bits per heavy atom. The number of alkyl carbamates (subject to hydrolysis) is 1. The Morgan fingerprint density at radius 1 is 1.19 bits per heavy atom. The zero-order valence-corrected chi connectivity index (χ0v) is 24.7. The van der Waals surface area contributed by atoms with Gasteiger partial charge in [0.15, 0.2) is 0 Å². The van der Waals surface area contributed by atoms with E-state index in [-0.39, 0.29) is 25.2 Å². The van der Waals surface area contributed by atoms with Crippen LogP contribution in [0.5, 0.6) is 0 Å². The van der Waals surface area contributed by atoms with Crippen LogP contribution in [0.1, 0.15) is 60.4 Å². The van der Waals surface area contributed by atoms with Crippen molar-refractivity contribution < 1.29 is 29.0 Å². The quantitative estimate of drug-likeness (QED) is 0.389. The van der Waals surface area contributed by atoms with Gasteiger partial charge in [-0.05, 0) is 50.0 Å². The highest BCUT2D eigenvalue weighted by Crippen LogP contribution is 2.45. The lowest BCUT2D eigenvalue weighted by Gasteiger charge is -2.36. The number of hydrogen-bond acceptors (Lipinski definition) is 9. The normalized spacial score (nSPS) is 24.4. The van der Waals surface area contributed by atoms with Crippen LogP contribution in [0.25, 0.3) is 11.5 Å². The molecule has 4 rings (SSSR count). The molecule has 2 aliphatic rings. The van der Waals surface area contributed by atoms with Crippen LogP contribution in [0.15, 0.2) is 37.1 Å². The monoisotopic (exact) mass is 582 g/mol. The van der Waals surface area contributed by atoms with Crippen LogP contribution in [0.2, 0.25) is 0 Å². The zero-order chi connectivity index (χ0) is 31.0. The number of rotatable bonds is 8. The fourth-order valence-electron chi connectivity index (χ4n) is 5.01. The summed E-state index contributed by atoms with van der Waals surface area (Å²) in [6.45, 7) is 14.2. The van der Waals surface area contributed by atoms with Crippen molar-refractivity contribution in [2.75, 3.05) is 6.54 Å². The second kappa shape index (κ2) is 11.1. The molecule has 5 unspecified atom stereocenters. The molecule has 14 nitrogen and oxygen atoms in total. The molecule has 0 radical (unpaired) electrons. The van der Waals surface area contributed by atoms with Gasteiger partial charge in [-0.15, -0.1) is 16.8 Å². The summed E-state index contributed by atoms with van der Waals surface area (Å²) in [6, 6.07) is 2.58. The van der Waals surface area contributed by atoms with Crippen molar-refractivity contribution in [2.45, 2.75) is 83.6 Å². The minimum absolute atomic E-state index is 0.0163. The predicted octanol–water partition coefficient (Wildman–Crippen LogP) is 1.96. The average molecular weight is 583 g/mol. The van der Waals surface area contributed by atoms with E-state index in [4.69, 9.17) is 4.74 Å². The van der Waals surface area contributed by atoms with E-state index in [0.717, 1.165) is 0 Å². The highest BCUT2D eigenvalue weighted by Gasteiger charge is 2.61. The lowest BCUT2D eigenvalue weighted by atomic mass is 9.85. The molecule has 1 aliphatic heterocycles. The Hall–Kier alpha value is -4.36. The van der Waals surface area contributed by atoms with Crippen LogP contribution in [-0.4, -0.2) is 88.8 Å². The maximum atomic E-state index is 14.1. The Balaban J connectivity index is 1.64. The van der Waals surface area contributed by atoms with Gasteiger partial charge in [-0.3, -0.25) is 14.6 Å². The van der Waals surface area contributed by atoms with Gasteiger partial charge in [0.2, 0.25) is 17.6 Å². The third kappa shape index (κ3) is 6.42. The van der Waals surface area contributed by atoms with Gasteiger partial charge in [-0.2, -0.15) is 4.80 Å². The van der Waals surface area contributed by atoms with Gasteiger partial charge in [-0.1, -0.05) is 32.9 Å². The summed E-state index contributed by atoms with van der Waals surface area (Å²) in [6.07, 6.45) is 2.61. The summed E-state index contributed by atoms with van der Waals surface area (Å²) >= 11 is 0. The van der Waals surface area contributed by atoms with Crippen molar-refractivity contribution in [1.29, 1.82) is 0 Å². The molecule has 0 bridgehead atoms. The summed E-state index contributed by atoms with van der Waals surface area (Å²) < 4.78 is 5.40. The van der Waals surface area contributed by atoms with Gasteiger partial charge in [0.05, 0.1) is 6.04 Å². The van der Waals surface area contributed by atoms with Crippen molar-refractivity contribution in [2.24, 2.45) is 11.3 Å².